The van der Waals surface area contributed by atoms with Gasteiger partial charge in [0.2, 0.25) is 11.8 Å². The van der Waals surface area contributed by atoms with E-state index < -0.39 is 0 Å². The Labute approximate surface area is 90.3 Å². The molecule has 1 rings (SSSR count). The number of likely N-dealkylation sites (tertiary alicyclic amines) is 1. The smallest absolute Gasteiger partial charge is 0.229 e. The Kier molecular flexibility index (Phi) is 4.27. The van der Waals surface area contributed by atoms with Crippen molar-refractivity contribution in [2.24, 2.45) is 5.92 Å². The Bertz CT molecular complexity index is 234. The summed E-state index contributed by atoms with van der Waals surface area (Å²) in [5.41, 5.74) is 0. The van der Waals surface area contributed by atoms with Gasteiger partial charge in [0.1, 0.15) is 0 Å². The second-order valence-corrected chi connectivity index (χ2v) is 4.33. The zero-order valence-corrected chi connectivity index (χ0v) is 9.40. The fraction of sp³-hybridized carbons (Fsp3) is 0.818. The third-order valence-corrected chi connectivity index (χ3v) is 2.84. The zero-order valence-electron chi connectivity index (χ0n) is 9.40. The summed E-state index contributed by atoms with van der Waals surface area (Å²) in [4.78, 5) is 24.7. The summed E-state index contributed by atoms with van der Waals surface area (Å²) < 4.78 is 0. The van der Waals surface area contributed by atoms with E-state index in [-0.39, 0.29) is 30.4 Å². The molecule has 1 atom stereocenters. The van der Waals surface area contributed by atoms with E-state index in [0.29, 0.717) is 25.7 Å². The summed E-state index contributed by atoms with van der Waals surface area (Å²) in [6.45, 7) is 3.95. The molecule has 0 aromatic carbocycles. The van der Waals surface area contributed by atoms with E-state index in [1.54, 1.807) is 0 Å². The van der Waals surface area contributed by atoms with Crippen molar-refractivity contribution in [1.29, 1.82) is 0 Å². The normalized spacial score (nSPS) is 19.9. The molecule has 15 heavy (non-hydrogen) atoms. The molecule has 1 aliphatic rings. The van der Waals surface area contributed by atoms with E-state index in [0.717, 1.165) is 0 Å². The molecule has 0 aliphatic carbocycles. The average molecular weight is 213 g/mol. The molecule has 0 bridgehead atoms. The molecule has 1 aliphatic heterocycles. The van der Waals surface area contributed by atoms with Crippen LogP contribution in [0.5, 0.6) is 0 Å². The molecule has 1 N–H and O–H groups in total. The number of piperidine rings is 1. The number of carbonyl (C=O) groups excluding carboxylic acids is 2. The molecule has 0 aromatic heterocycles. The van der Waals surface area contributed by atoms with Crippen LogP contribution in [0.4, 0.5) is 0 Å². The van der Waals surface area contributed by atoms with Gasteiger partial charge in [-0.15, -0.1) is 0 Å². The lowest BCUT2D eigenvalue weighted by molar-refractivity contribution is -0.152. The van der Waals surface area contributed by atoms with E-state index in [2.05, 4.69) is 0 Å². The summed E-state index contributed by atoms with van der Waals surface area (Å²) in [5.74, 6) is 0.0277. The van der Waals surface area contributed by atoms with Crippen molar-refractivity contribution < 1.29 is 14.7 Å². The van der Waals surface area contributed by atoms with E-state index in [9.17, 15) is 9.59 Å². The third-order valence-electron chi connectivity index (χ3n) is 2.84. The van der Waals surface area contributed by atoms with Crippen molar-refractivity contribution in [3.05, 3.63) is 0 Å². The molecule has 86 valence electrons. The van der Waals surface area contributed by atoms with Gasteiger partial charge in [-0.05, 0) is 18.8 Å². The molecular weight excluding hydrogens is 194 g/mol. The van der Waals surface area contributed by atoms with Crippen LogP contribution in [0.15, 0.2) is 0 Å². The first kappa shape index (κ1) is 12.2. The average Bonchev–Trinajstić information content (AvgIpc) is 2.15. The van der Waals surface area contributed by atoms with Gasteiger partial charge in [-0.3, -0.25) is 14.5 Å². The minimum absolute atomic E-state index is 0.0138. The lowest BCUT2D eigenvalue weighted by atomic mass is 9.96. The predicted molar refractivity (Wildman–Crippen MR) is 56.0 cm³/mol. The molecule has 4 heteroatoms. The van der Waals surface area contributed by atoms with Crippen molar-refractivity contribution in [3.8, 4) is 0 Å². The van der Waals surface area contributed by atoms with Gasteiger partial charge >= 0.3 is 0 Å². The van der Waals surface area contributed by atoms with Crippen LogP contribution in [0.25, 0.3) is 0 Å². The highest BCUT2D eigenvalue weighted by Crippen LogP contribution is 2.21. The van der Waals surface area contributed by atoms with Gasteiger partial charge in [-0.1, -0.05) is 13.8 Å². The minimum atomic E-state index is -0.143. The number of aliphatic hydroxyl groups is 1. The van der Waals surface area contributed by atoms with Crippen LogP contribution in [-0.4, -0.2) is 34.5 Å². The molecule has 1 unspecified atom stereocenters. The van der Waals surface area contributed by atoms with Crippen LogP contribution >= 0.6 is 0 Å². The van der Waals surface area contributed by atoms with E-state index in [1.165, 1.54) is 4.90 Å². The third kappa shape index (κ3) is 2.78. The molecule has 2 amide bonds. The van der Waals surface area contributed by atoms with Gasteiger partial charge in [-0.25, -0.2) is 0 Å². The summed E-state index contributed by atoms with van der Waals surface area (Å²) in [7, 11) is 0. The maximum atomic E-state index is 11.6. The Balaban J connectivity index is 2.79. The number of carbonyl (C=O) groups is 2. The van der Waals surface area contributed by atoms with Crippen LogP contribution < -0.4 is 0 Å². The van der Waals surface area contributed by atoms with Crippen molar-refractivity contribution in [3.63, 3.8) is 0 Å². The number of amides is 2. The van der Waals surface area contributed by atoms with E-state index in [1.807, 2.05) is 13.8 Å². The zero-order chi connectivity index (χ0) is 11.4. The fourth-order valence-corrected chi connectivity index (χ4v) is 2.03. The summed E-state index contributed by atoms with van der Waals surface area (Å²) in [5, 5.41) is 8.94. The molecule has 0 saturated carbocycles. The van der Waals surface area contributed by atoms with Crippen LogP contribution in [0.1, 0.15) is 39.5 Å². The second-order valence-electron chi connectivity index (χ2n) is 4.33. The SMILES string of the molecule is CC(C)C(CCO)N1C(=O)CCCC1=O. The largest absolute Gasteiger partial charge is 0.396 e. The van der Waals surface area contributed by atoms with Crippen molar-refractivity contribution in [2.45, 2.75) is 45.6 Å². The first-order chi connectivity index (χ1) is 7.07. The Morgan fingerprint density at radius 3 is 2.20 bits per heavy atom. The van der Waals surface area contributed by atoms with Crippen molar-refractivity contribution in [2.75, 3.05) is 6.61 Å². The number of hydrogen-bond donors (Lipinski definition) is 1. The number of rotatable bonds is 4. The quantitative estimate of drug-likeness (QED) is 0.707. The van der Waals surface area contributed by atoms with Gasteiger partial charge in [0.25, 0.3) is 0 Å². The molecule has 1 heterocycles. The predicted octanol–water partition coefficient (Wildman–Crippen LogP) is 0.933. The number of imide groups is 1. The number of nitrogens with zero attached hydrogens (tertiary/aromatic N) is 1. The lowest BCUT2D eigenvalue weighted by Gasteiger charge is -2.35. The Hall–Kier alpha value is -0.900. The standard InChI is InChI=1S/C11H19NO3/c1-8(2)9(6-7-13)12-10(14)4-3-5-11(12)15/h8-9,13H,3-7H2,1-2H3. The maximum Gasteiger partial charge on any atom is 0.229 e. The topological polar surface area (TPSA) is 57.6 Å². The van der Waals surface area contributed by atoms with Gasteiger partial charge in [0.15, 0.2) is 0 Å². The van der Waals surface area contributed by atoms with Crippen LogP contribution in [0, 0.1) is 5.92 Å². The Morgan fingerprint density at radius 2 is 1.80 bits per heavy atom. The molecule has 1 fully saturated rings. The molecule has 4 nitrogen and oxygen atoms in total. The van der Waals surface area contributed by atoms with E-state index in [4.69, 9.17) is 5.11 Å². The monoisotopic (exact) mass is 213 g/mol. The molecule has 0 aromatic rings. The highest BCUT2D eigenvalue weighted by molar-refractivity contribution is 5.97. The highest BCUT2D eigenvalue weighted by atomic mass is 16.3. The molecular formula is C11H19NO3. The minimum Gasteiger partial charge on any atom is -0.396 e. The first-order valence-electron chi connectivity index (χ1n) is 5.53. The second kappa shape index (κ2) is 5.26. The maximum absolute atomic E-state index is 11.6. The van der Waals surface area contributed by atoms with E-state index >= 15 is 0 Å². The fourth-order valence-electron chi connectivity index (χ4n) is 2.03. The van der Waals surface area contributed by atoms with Crippen LogP contribution in [-0.2, 0) is 9.59 Å². The van der Waals surface area contributed by atoms with Crippen LogP contribution in [0.3, 0.4) is 0 Å². The van der Waals surface area contributed by atoms with Gasteiger partial charge in [-0.2, -0.15) is 0 Å². The number of aliphatic hydroxyl groups excluding tert-OH is 1. The van der Waals surface area contributed by atoms with Crippen molar-refractivity contribution >= 4 is 11.8 Å². The van der Waals surface area contributed by atoms with Crippen molar-refractivity contribution in [1.82, 2.24) is 4.90 Å². The van der Waals surface area contributed by atoms with Gasteiger partial charge < -0.3 is 5.11 Å². The Morgan fingerprint density at radius 1 is 1.27 bits per heavy atom. The van der Waals surface area contributed by atoms with Gasteiger partial charge in [0.05, 0.1) is 0 Å². The first-order valence-corrected chi connectivity index (χ1v) is 5.53. The molecule has 0 radical (unpaired) electrons. The molecule has 1 saturated heterocycles. The summed E-state index contributed by atoms with van der Waals surface area (Å²) >= 11 is 0. The summed E-state index contributed by atoms with van der Waals surface area (Å²) in [6, 6.07) is -0.143. The number of hydrogen-bond acceptors (Lipinski definition) is 3. The lowest BCUT2D eigenvalue weighted by Crippen LogP contribution is -2.49. The molecule has 0 spiro atoms. The highest BCUT2D eigenvalue weighted by Gasteiger charge is 2.33. The van der Waals surface area contributed by atoms with Crippen LogP contribution in [0.2, 0.25) is 0 Å². The van der Waals surface area contributed by atoms with Gasteiger partial charge in [0, 0.05) is 25.5 Å². The summed E-state index contributed by atoms with van der Waals surface area (Å²) in [6.07, 6.45) is 2.06.